The lowest BCUT2D eigenvalue weighted by molar-refractivity contribution is -0.136. The molecule has 35 heavy (non-hydrogen) atoms. The van der Waals surface area contributed by atoms with Gasteiger partial charge in [0.1, 0.15) is 34.2 Å². The molecule has 9 nitrogen and oxygen atoms in total. The Hall–Kier alpha value is -3.96. The Morgan fingerprint density at radius 1 is 1.17 bits per heavy atom. The number of amides is 1. The Labute approximate surface area is 196 Å². The van der Waals surface area contributed by atoms with Crippen LogP contribution in [0.5, 0.6) is 5.75 Å². The van der Waals surface area contributed by atoms with Gasteiger partial charge in [0.2, 0.25) is 5.91 Å². The number of halogens is 3. The summed E-state index contributed by atoms with van der Waals surface area (Å²) in [6, 6.07) is 5.15. The maximum atomic E-state index is 13.8. The topological polar surface area (TPSA) is 134 Å². The van der Waals surface area contributed by atoms with Crippen molar-refractivity contribution in [1.82, 2.24) is 14.5 Å². The molecule has 1 aliphatic carbocycles. The third kappa shape index (κ3) is 3.69. The first-order chi connectivity index (χ1) is 16.7. The molecule has 12 heteroatoms. The smallest absolute Gasteiger partial charge is 0.420 e. The highest BCUT2D eigenvalue weighted by molar-refractivity contribution is 5.92. The highest BCUT2D eigenvalue weighted by Crippen LogP contribution is 2.41. The van der Waals surface area contributed by atoms with Gasteiger partial charge in [0.25, 0.3) is 6.01 Å². The summed E-state index contributed by atoms with van der Waals surface area (Å²) in [5.41, 5.74) is 11.7. The maximum Gasteiger partial charge on any atom is 0.420 e. The van der Waals surface area contributed by atoms with E-state index in [2.05, 4.69) is 15.3 Å². The molecule has 2 aromatic carbocycles. The van der Waals surface area contributed by atoms with E-state index in [0.717, 1.165) is 18.9 Å². The van der Waals surface area contributed by atoms with Gasteiger partial charge in [-0.1, -0.05) is 0 Å². The number of nitrogens with one attached hydrogen (secondary N) is 1. The summed E-state index contributed by atoms with van der Waals surface area (Å²) in [5, 5.41) is 3.19. The van der Waals surface area contributed by atoms with E-state index < -0.39 is 29.3 Å². The van der Waals surface area contributed by atoms with Crippen LogP contribution in [0.1, 0.15) is 24.8 Å². The summed E-state index contributed by atoms with van der Waals surface area (Å²) >= 11 is 0. The molecule has 1 amide bonds. The summed E-state index contributed by atoms with van der Waals surface area (Å²) in [5.74, 6) is 0.610. The number of hydrogen-bond donors (Lipinski definition) is 3. The second-order valence-electron chi connectivity index (χ2n) is 8.91. The highest BCUT2D eigenvalue weighted by Gasteiger charge is 2.37. The van der Waals surface area contributed by atoms with Gasteiger partial charge in [-0.25, -0.2) is 4.98 Å². The Morgan fingerprint density at radius 3 is 2.69 bits per heavy atom. The number of nitrogen functional groups attached to an aromatic ring is 1. The molecule has 6 rings (SSSR count). The molecule has 182 valence electrons. The molecule has 0 radical (unpaired) electrons. The number of oxazole rings is 1. The quantitative estimate of drug-likeness (QED) is 0.389. The van der Waals surface area contributed by atoms with Gasteiger partial charge in [-0.2, -0.15) is 18.2 Å². The van der Waals surface area contributed by atoms with Crippen LogP contribution in [0.2, 0.25) is 0 Å². The molecule has 2 aromatic heterocycles. The van der Waals surface area contributed by atoms with Crippen LogP contribution in [0.4, 0.5) is 24.9 Å². The van der Waals surface area contributed by atoms with Gasteiger partial charge < -0.3 is 30.5 Å². The molecule has 1 fully saturated rings. The van der Waals surface area contributed by atoms with Crippen molar-refractivity contribution in [3.05, 3.63) is 29.8 Å². The first kappa shape index (κ1) is 21.6. The minimum absolute atomic E-state index is 0.00614. The Kier molecular flexibility index (Phi) is 4.63. The van der Waals surface area contributed by atoms with Crippen LogP contribution in [0, 0.1) is 5.92 Å². The van der Waals surface area contributed by atoms with Gasteiger partial charge >= 0.3 is 6.18 Å². The fourth-order valence-corrected chi connectivity index (χ4v) is 4.69. The summed E-state index contributed by atoms with van der Waals surface area (Å²) in [6.45, 7) is 0.923. The van der Waals surface area contributed by atoms with Crippen LogP contribution in [-0.4, -0.2) is 33.1 Å². The van der Waals surface area contributed by atoms with Gasteiger partial charge in [0.15, 0.2) is 5.58 Å². The first-order valence-corrected chi connectivity index (χ1v) is 11.2. The number of carbonyl (C=O) groups is 1. The standard InChI is InChI=1S/C23H21F3N6O3/c24-23(25,26)13-6-11(7-15-19(13)35-22(28)31-15)21-30-14-8-12(29-17(20(27)33)10-2-3-10)9-16-18(14)32(21)4-1-5-34-16/h6-10,17,29H,1-5H2,(H2,27,33)(H2,28,31)/t17-/m0/s1. The Bertz CT molecular complexity index is 1490. The van der Waals surface area contributed by atoms with E-state index >= 15 is 0 Å². The number of nitrogens with zero attached hydrogens (tertiary/aromatic N) is 3. The molecule has 1 saturated carbocycles. The molecule has 0 saturated heterocycles. The summed E-state index contributed by atoms with van der Waals surface area (Å²) in [7, 11) is 0. The zero-order chi connectivity index (χ0) is 24.5. The number of hydrogen-bond acceptors (Lipinski definition) is 7. The number of imidazole rings is 1. The monoisotopic (exact) mass is 486 g/mol. The lowest BCUT2D eigenvalue weighted by atomic mass is 10.1. The minimum Gasteiger partial charge on any atom is -0.491 e. The molecule has 1 atom stereocenters. The second kappa shape index (κ2) is 7.52. The first-order valence-electron chi connectivity index (χ1n) is 11.2. The average Bonchev–Trinajstić information content (AvgIpc) is 3.50. The van der Waals surface area contributed by atoms with Crippen LogP contribution >= 0.6 is 0 Å². The Balaban J connectivity index is 1.52. The molecule has 0 spiro atoms. The normalized spacial score (nSPS) is 16.8. The molecular formula is C23H21F3N6O3. The van der Waals surface area contributed by atoms with Crippen molar-refractivity contribution >= 4 is 39.7 Å². The molecule has 1 aliphatic heterocycles. The van der Waals surface area contributed by atoms with E-state index in [1.165, 1.54) is 6.07 Å². The van der Waals surface area contributed by atoms with Crippen LogP contribution in [0.25, 0.3) is 33.5 Å². The molecule has 0 bridgehead atoms. The highest BCUT2D eigenvalue weighted by atomic mass is 19.4. The van der Waals surface area contributed by atoms with E-state index in [1.54, 1.807) is 12.1 Å². The summed E-state index contributed by atoms with van der Waals surface area (Å²) in [6.07, 6.45) is -2.21. The fourth-order valence-electron chi connectivity index (χ4n) is 4.69. The van der Waals surface area contributed by atoms with E-state index in [-0.39, 0.29) is 23.0 Å². The summed E-state index contributed by atoms with van der Waals surface area (Å²) in [4.78, 5) is 20.5. The van der Waals surface area contributed by atoms with Gasteiger partial charge in [0, 0.05) is 23.9 Å². The van der Waals surface area contributed by atoms with Crippen molar-refractivity contribution in [3.63, 3.8) is 0 Å². The van der Waals surface area contributed by atoms with Gasteiger partial charge in [-0.05, 0) is 43.4 Å². The summed E-state index contributed by atoms with van der Waals surface area (Å²) < 4.78 is 54.3. The predicted molar refractivity (Wildman–Crippen MR) is 122 cm³/mol. The molecule has 4 aromatic rings. The number of ether oxygens (including phenoxy) is 1. The van der Waals surface area contributed by atoms with Crippen molar-refractivity contribution < 1.29 is 27.1 Å². The number of rotatable bonds is 5. The number of benzene rings is 2. The van der Waals surface area contributed by atoms with Crippen LogP contribution in [-0.2, 0) is 17.5 Å². The number of fused-ring (bicyclic) bond motifs is 1. The van der Waals surface area contributed by atoms with Gasteiger partial charge in [0.05, 0.1) is 12.1 Å². The fraction of sp³-hybridized carbons (Fsp3) is 0.348. The Morgan fingerprint density at radius 2 is 1.97 bits per heavy atom. The van der Waals surface area contributed by atoms with E-state index in [1.807, 2.05) is 4.57 Å². The van der Waals surface area contributed by atoms with Crippen molar-refractivity contribution in [3.8, 4) is 17.1 Å². The van der Waals surface area contributed by atoms with Crippen LogP contribution in [0.3, 0.4) is 0 Å². The number of alkyl halides is 3. The van der Waals surface area contributed by atoms with Crippen molar-refractivity contribution in [1.29, 1.82) is 0 Å². The largest absolute Gasteiger partial charge is 0.491 e. The number of aryl methyl sites for hydroxylation is 1. The predicted octanol–water partition coefficient (Wildman–Crippen LogP) is 3.90. The van der Waals surface area contributed by atoms with Crippen LogP contribution < -0.4 is 21.5 Å². The van der Waals surface area contributed by atoms with Crippen molar-refractivity contribution in [2.75, 3.05) is 17.7 Å². The number of carbonyl (C=O) groups excluding carboxylic acids is 1. The SMILES string of the molecule is NC(=O)[C@@H](Nc1cc2c3c(c1)nc(-c1cc(C(F)(F)F)c4oc(N)nc4c1)n3CCCO2)C1CC1. The lowest BCUT2D eigenvalue weighted by Crippen LogP contribution is -2.37. The zero-order valence-corrected chi connectivity index (χ0v) is 18.4. The van der Waals surface area contributed by atoms with Crippen molar-refractivity contribution in [2.45, 2.75) is 38.0 Å². The number of primary amides is 1. The molecular weight excluding hydrogens is 465 g/mol. The van der Waals surface area contributed by atoms with E-state index in [9.17, 15) is 18.0 Å². The van der Waals surface area contributed by atoms with Gasteiger partial charge in [-0.15, -0.1) is 0 Å². The van der Waals surface area contributed by atoms with Gasteiger partial charge in [-0.3, -0.25) is 4.79 Å². The number of nitrogens with two attached hydrogens (primary N) is 2. The molecule has 2 aliphatic rings. The third-order valence-electron chi connectivity index (χ3n) is 6.38. The second-order valence-corrected chi connectivity index (χ2v) is 8.91. The lowest BCUT2D eigenvalue weighted by Gasteiger charge is -2.17. The molecule has 5 N–H and O–H groups in total. The van der Waals surface area contributed by atoms with E-state index in [0.29, 0.717) is 47.9 Å². The average molecular weight is 486 g/mol. The molecule has 3 heterocycles. The van der Waals surface area contributed by atoms with Crippen molar-refractivity contribution in [2.24, 2.45) is 11.7 Å². The zero-order valence-electron chi connectivity index (χ0n) is 18.4. The number of aromatic nitrogens is 3. The third-order valence-corrected chi connectivity index (χ3v) is 6.38. The van der Waals surface area contributed by atoms with Crippen LogP contribution in [0.15, 0.2) is 28.7 Å². The maximum absolute atomic E-state index is 13.8. The number of anilines is 2. The minimum atomic E-state index is -4.68. The van der Waals surface area contributed by atoms with E-state index in [4.69, 9.17) is 20.6 Å². The molecule has 0 unspecified atom stereocenters.